The Morgan fingerprint density at radius 2 is 2.15 bits per heavy atom. The van der Waals surface area contributed by atoms with Gasteiger partial charge in [-0.25, -0.2) is 0 Å². The summed E-state index contributed by atoms with van der Waals surface area (Å²) in [7, 11) is 0. The summed E-state index contributed by atoms with van der Waals surface area (Å²) in [5.74, 6) is 0.772. The third kappa shape index (κ3) is 4.60. The zero-order chi connectivity index (χ0) is 14.4. The van der Waals surface area contributed by atoms with Crippen molar-refractivity contribution in [1.29, 1.82) is 0 Å². The first-order valence-electron chi connectivity index (χ1n) is 7.29. The molecule has 20 heavy (non-hydrogen) atoms. The van der Waals surface area contributed by atoms with Crippen molar-refractivity contribution in [1.82, 2.24) is 4.90 Å². The van der Waals surface area contributed by atoms with Crippen LogP contribution in [0, 0.1) is 5.92 Å². The maximum atomic E-state index is 12.3. The molecule has 3 nitrogen and oxygen atoms in total. The standard InChI is InChI=1S/C16H22BrNO2/c1-2-18(11-14-9-10-20-12-14)16(19)8-5-13-3-6-15(17)7-4-13/h3-4,6-7,14H,2,5,8-12H2,1H3. The Balaban J connectivity index is 1.80. The van der Waals surface area contributed by atoms with Gasteiger partial charge in [-0.1, -0.05) is 28.1 Å². The molecule has 1 saturated heterocycles. The molecule has 1 aromatic rings. The fourth-order valence-electron chi connectivity index (χ4n) is 2.51. The van der Waals surface area contributed by atoms with Crippen LogP contribution in [0.15, 0.2) is 28.7 Å². The molecule has 0 aromatic heterocycles. The van der Waals surface area contributed by atoms with Crippen molar-refractivity contribution in [2.75, 3.05) is 26.3 Å². The van der Waals surface area contributed by atoms with E-state index in [0.29, 0.717) is 12.3 Å². The number of hydrogen-bond acceptors (Lipinski definition) is 2. The maximum Gasteiger partial charge on any atom is 0.222 e. The second-order valence-electron chi connectivity index (χ2n) is 5.29. The molecule has 1 unspecified atom stereocenters. The first kappa shape index (κ1) is 15.5. The van der Waals surface area contributed by atoms with E-state index in [1.807, 2.05) is 24.0 Å². The van der Waals surface area contributed by atoms with Crippen LogP contribution in [0.3, 0.4) is 0 Å². The van der Waals surface area contributed by atoms with Crippen molar-refractivity contribution in [3.05, 3.63) is 34.3 Å². The van der Waals surface area contributed by atoms with Crippen molar-refractivity contribution >= 4 is 21.8 Å². The summed E-state index contributed by atoms with van der Waals surface area (Å²) in [5.41, 5.74) is 1.21. The minimum absolute atomic E-state index is 0.252. The number of benzene rings is 1. The van der Waals surface area contributed by atoms with Gasteiger partial charge in [-0.15, -0.1) is 0 Å². The fourth-order valence-corrected chi connectivity index (χ4v) is 2.77. The zero-order valence-corrected chi connectivity index (χ0v) is 13.6. The molecule has 0 N–H and O–H groups in total. The van der Waals surface area contributed by atoms with Crippen LogP contribution in [0.25, 0.3) is 0 Å². The minimum atomic E-state index is 0.252. The predicted octanol–water partition coefficient (Wildman–Crippen LogP) is 3.27. The summed E-state index contributed by atoms with van der Waals surface area (Å²) in [6.45, 7) is 5.32. The van der Waals surface area contributed by atoms with Gasteiger partial charge in [-0.05, 0) is 37.5 Å². The second kappa shape index (κ2) is 7.79. The lowest BCUT2D eigenvalue weighted by molar-refractivity contribution is -0.131. The van der Waals surface area contributed by atoms with Crippen LogP contribution >= 0.6 is 15.9 Å². The SMILES string of the molecule is CCN(CC1CCOC1)C(=O)CCc1ccc(Br)cc1. The second-order valence-corrected chi connectivity index (χ2v) is 6.20. The van der Waals surface area contributed by atoms with Crippen molar-refractivity contribution in [2.45, 2.75) is 26.2 Å². The van der Waals surface area contributed by atoms with Crippen LogP contribution in [0.4, 0.5) is 0 Å². The molecule has 1 atom stereocenters. The Morgan fingerprint density at radius 3 is 2.75 bits per heavy atom. The highest BCUT2D eigenvalue weighted by atomic mass is 79.9. The van der Waals surface area contributed by atoms with E-state index in [1.54, 1.807) is 0 Å². The van der Waals surface area contributed by atoms with Crippen molar-refractivity contribution < 1.29 is 9.53 Å². The average Bonchev–Trinajstić information content (AvgIpc) is 2.97. The normalized spacial score (nSPS) is 18.2. The molecule has 1 aromatic carbocycles. The molecular weight excluding hydrogens is 318 g/mol. The maximum absolute atomic E-state index is 12.3. The Kier molecular flexibility index (Phi) is 6.05. The number of carbonyl (C=O) groups is 1. The Labute approximate surface area is 129 Å². The van der Waals surface area contributed by atoms with E-state index in [-0.39, 0.29) is 5.91 Å². The van der Waals surface area contributed by atoms with Gasteiger partial charge in [0, 0.05) is 36.5 Å². The summed E-state index contributed by atoms with van der Waals surface area (Å²) >= 11 is 3.42. The minimum Gasteiger partial charge on any atom is -0.381 e. The van der Waals surface area contributed by atoms with E-state index in [0.717, 1.165) is 43.6 Å². The number of hydrogen-bond donors (Lipinski definition) is 0. The highest BCUT2D eigenvalue weighted by molar-refractivity contribution is 9.10. The van der Waals surface area contributed by atoms with E-state index < -0.39 is 0 Å². The summed E-state index contributed by atoms with van der Waals surface area (Å²) in [6, 6.07) is 8.18. The number of carbonyl (C=O) groups excluding carboxylic acids is 1. The van der Waals surface area contributed by atoms with Gasteiger partial charge in [0.05, 0.1) is 6.61 Å². The topological polar surface area (TPSA) is 29.5 Å². The van der Waals surface area contributed by atoms with E-state index in [2.05, 4.69) is 28.1 Å². The fraction of sp³-hybridized carbons (Fsp3) is 0.562. The van der Waals surface area contributed by atoms with Gasteiger partial charge in [0.1, 0.15) is 0 Å². The largest absolute Gasteiger partial charge is 0.381 e. The molecule has 1 heterocycles. The molecule has 1 fully saturated rings. The molecule has 1 amide bonds. The summed E-state index contributed by atoms with van der Waals surface area (Å²) < 4.78 is 6.45. The number of aryl methyl sites for hydroxylation is 1. The van der Waals surface area contributed by atoms with Crippen molar-refractivity contribution in [2.24, 2.45) is 5.92 Å². The van der Waals surface area contributed by atoms with Gasteiger partial charge in [0.25, 0.3) is 0 Å². The lowest BCUT2D eigenvalue weighted by Gasteiger charge is -2.23. The first-order valence-corrected chi connectivity index (χ1v) is 8.08. The lowest BCUT2D eigenvalue weighted by atomic mass is 10.1. The summed E-state index contributed by atoms with van der Waals surface area (Å²) in [6.07, 6.45) is 2.48. The first-order chi connectivity index (χ1) is 9.69. The van der Waals surface area contributed by atoms with Gasteiger partial charge in [0.2, 0.25) is 5.91 Å². The van der Waals surface area contributed by atoms with Crippen molar-refractivity contribution in [3.8, 4) is 0 Å². The molecule has 1 aliphatic heterocycles. The molecule has 0 bridgehead atoms. The molecule has 0 spiro atoms. The van der Waals surface area contributed by atoms with E-state index in [9.17, 15) is 4.79 Å². The van der Waals surface area contributed by atoms with Gasteiger partial charge in [-0.2, -0.15) is 0 Å². The Morgan fingerprint density at radius 1 is 1.40 bits per heavy atom. The van der Waals surface area contributed by atoms with Crippen LogP contribution in [-0.4, -0.2) is 37.1 Å². The molecule has 0 saturated carbocycles. The van der Waals surface area contributed by atoms with E-state index in [1.165, 1.54) is 5.56 Å². The molecule has 0 aliphatic carbocycles. The van der Waals surface area contributed by atoms with Gasteiger partial charge >= 0.3 is 0 Å². The third-order valence-corrected chi connectivity index (χ3v) is 4.31. The highest BCUT2D eigenvalue weighted by Gasteiger charge is 2.21. The molecular formula is C16H22BrNO2. The van der Waals surface area contributed by atoms with Gasteiger partial charge in [-0.3, -0.25) is 4.79 Å². The number of halogens is 1. The third-order valence-electron chi connectivity index (χ3n) is 3.78. The smallest absolute Gasteiger partial charge is 0.222 e. The van der Waals surface area contributed by atoms with Crippen molar-refractivity contribution in [3.63, 3.8) is 0 Å². The molecule has 110 valence electrons. The molecule has 0 radical (unpaired) electrons. The Hall–Kier alpha value is -0.870. The molecule has 2 rings (SSSR count). The van der Waals surface area contributed by atoms with Crippen LogP contribution in [0.1, 0.15) is 25.3 Å². The number of amides is 1. The number of ether oxygens (including phenoxy) is 1. The average molecular weight is 340 g/mol. The van der Waals surface area contributed by atoms with Crippen LogP contribution < -0.4 is 0 Å². The predicted molar refractivity (Wildman–Crippen MR) is 83.6 cm³/mol. The van der Waals surface area contributed by atoms with Gasteiger partial charge < -0.3 is 9.64 Å². The van der Waals surface area contributed by atoms with Crippen LogP contribution in [0.5, 0.6) is 0 Å². The lowest BCUT2D eigenvalue weighted by Crippen LogP contribution is -2.35. The summed E-state index contributed by atoms with van der Waals surface area (Å²) in [5, 5.41) is 0. The zero-order valence-electron chi connectivity index (χ0n) is 12.0. The molecule has 4 heteroatoms. The highest BCUT2D eigenvalue weighted by Crippen LogP contribution is 2.16. The van der Waals surface area contributed by atoms with E-state index in [4.69, 9.17) is 4.74 Å². The number of rotatable bonds is 6. The van der Waals surface area contributed by atoms with E-state index >= 15 is 0 Å². The number of nitrogens with zero attached hydrogens (tertiary/aromatic N) is 1. The van der Waals surface area contributed by atoms with Crippen LogP contribution in [0.2, 0.25) is 0 Å². The summed E-state index contributed by atoms with van der Waals surface area (Å²) in [4.78, 5) is 14.2. The molecule has 1 aliphatic rings. The monoisotopic (exact) mass is 339 g/mol. The quantitative estimate of drug-likeness (QED) is 0.796. The van der Waals surface area contributed by atoms with Gasteiger partial charge in [0.15, 0.2) is 0 Å². The Bertz CT molecular complexity index is 427. The van der Waals surface area contributed by atoms with Crippen LogP contribution in [-0.2, 0) is 16.0 Å².